The third kappa shape index (κ3) is 3.71. The molecule has 7 nitrogen and oxygen atoms in total. The SMILES string of the molecule is Cn1cc(CN2CCC[C@]3(C[C@@H](Nc4cccc(C#N)n4)CO3)C2)cn1. The van der Waals surface area contributed by atoms with Crippen molar-refractivity contribution in [2.45, 2.75) is 37.5 Å². The van der Waals surface area contributed by atoms with Crippen LogP contribution in [-0.2, 0) is 18.3 Å². The van der Waals surface area contributed by atoms with Crippen LogP contribution in [0.15, 0.2) is 30.6 Å². The highest BCUT2D eigenvalue weighted by Crippen LogP contribution is 2.36. The molecule has 1 N–H and O–H groups in total. The molecule has 0 unspecified atom stereocenters. The molecular weight excluding hydrogens is 328 g/mol. The first-order chi connectivity index (χ1) is 12.6. The second-order valence-corrected chi connectivity index (χ2v) is 7.40. The molecule has 2 fully saturated rings. The van der Waals surface area contributed by atoms with E-state index in [0.29, 0.717) is 12.3 Å². The number of anilines is 1. The molecule has 4 heterocycles. The van der Waals surface area contributed by atoms with E-state index in [9.17, 15) is 0 Å². The lowest BCUT2D eigenvalue weighted by molar-refractivity contribution is -0.0533. The smallest absolute Gasteiger partial charge is 0.142 e. The maximum absolute atomic E-state index is 9.00. The summed E-state index contributed by atoms with van der Waals surface area (Å²) in [6.45, 7) is 3.65. The molecule has 2 aromatic heterocycles. The highest BCUT2D eigenvalue weighted by Gasteiger charge is 2.43. The van der Waals surface area contributed by atoms with Gasteiger partial charge in [0, 0.05) is 38.3 Å². The molecule has 136 valence electrons. The highest BCUT2D eigenvalue weighted by molar-refractivity contribution is 5.39. The van der Waals surface area contributed by atoms with Gasteiger partial charge in [0.1, 0.15) is 17.6 Å². The molecule has 7 heteroatoms. The third-order valence-electron chi connectivity index (χ3n) is 5.21. The van der Waals surface area contributed by atoms with Crippen molar-refractivity contribution < 1.29 is 4.74 Å². The summed E-state index contributed by atoms with van der Waals surface area (Å²) < 4.78 is 8.13. The fraction of sp³-hybridized carbons (Fsp3) is 0.526. The Balaban J connectivity index is 1.37. The van der Waals surface area contributed by atoms with Crippen molar-refractivity contribution in [1.29, 1.82) is 5.26 Å². The van der Waals surface area contributed by atoms with E-state index in [1.165, 1.54) is 5.56 Å². The molecular formula is C19H24N6O. The fourth-order valence-electron chi connectivity index (χ4n) is 4.15. The summed E-state index contributed by atoms with van der Waals surface area (Å²) in [5.74, 6) is 0.748. The van der Waals surface area contributed by atoms with E-state index in [1.54, 1.807) is 6.07 Å². The Morgan fingerprint density at radius 2 is 2.38 bits per heavy atom. The minimum absolute atomic E-state index is 0.0784. The van der Waals surface area contributed by atoms with Crippen LogP contribution >= 0.6 is 0 Å². The Bertz CT molecular complexity index is 812. The van der Waals surface area contributed by atoms with Gasteiger partial charge in [-0.15, -0.1) is 0 Å². The van der Waals surface area contributed by atoms with Gasteiger partial charge in [-0.3, -0.25) is 9.58 Å². The van der Waals surface area contributed by atoms with Crippen LogP contribution < -0.4 is 5.32 Å². The van der Waals surface area contributed by atoms with Gasteiger partial charge in [-0.05, 0) is 31.5 Å². The monoisotopic (exact) mass is 352 g/mol. The molecule has 0 radical (unpaired) electrons. The number of likely N-dealkylation sites (tertiary alicyclic amines) is 1. The van der Waals surface area contributed by atoms with Crippen LogP contribution in [0.4, 0.5) is 5.82 Å². The molecule has 2 aliphatic heterocycles. The van der Waals surface area contributed by atoms with E-state index in [-0.39, 0.29) is 11.6 Å². The van der Waals surface area contributed by atoms with Crippen molar-refractivity contribution in [1.82, 2.24) is 19.7 Å². The van der Waals surface area contributed by atoms with Gasteiger partial charge in [-0.25, -0.2) is 4.98 Å². The summed E-state index contributed by atoms with van der Waals surface area (Å²) in [6.07, 6.45) is 7.23. The number of aryl methyl sites for hydroxylation is 1. The minimum Gasteiger partial charge on any atom is -0.371 e. The third-order valence-corrected chi connectivity index (χ3v) is 5.21. The molecule has 0 aromatic carbocycles. The zero-order chi connectivity index (χ0) is 18.0. The maximum atomic E-state index is 9.00. The van der Waals surface area contributed by atoms with Crippen LogP contribution in [0, 0.1) is 11.3 Å². The Morgan fingerprint density at radius 3 is 3.19 bits per heavy atom. The lowest BCUT2D eigenvalue weighted by Crippen LogP contribution is -2.47. The highest BCUT2D eigenvalue weighted by atomic mass is 16.5. The van der Waals surface area contributed by atoms with Gasteiger partial charge in [0.15, 0.2) is 0 Å². The molecule has 0 saturated carbocycles. The maximum Gasteiger partial charge on any atom is 0.142 e. The summed E-state index contributed by atoms with van der Waals surface area (Å²) in [5.41, 5.74) is 1.60. The van der Waals surface area contributed by atoms with Gasteiger partial charge < -0.3 is 10.1 Å². The van der Waals surface area contributed by atoms with E-state index in [0.717, 1.165) is 44.7 Å². The largest absolute Gasteiger partial charge is 0.371 e. The molecule has 1 spiro atoms. The predicted molar refractivity (Wildman–Crippen MR) is 97.4 cm³/mol. The predicted octanol–water partition coefficient (Wildman–Crippen LogP) is 1.92. The molecule has 0 aliphatic carbocycles. The Hall–Kier alpha value is -2.43. The second-order valence-electron chi connectivity index (χ2n) is 7.40. The first-order valence-corrected chi connectivity index (χ1v) is 9.12. The molecule has 26 heavy (non-hydrogen) atoms. The lowest BCUT2D eigenvalue weighted by atomic mass is 9.88. The number of nitrogens with zero attached hydrogens (tertiary/aromatic N) is 5. The van der Waals surface area contributed by atoms with E-state index >= 15 is 0 Å². The van der Waals surface area contributed by atoms with Crippen LogP contribution in [0.3, 0.4) is 0 Å². The van der Waals surface area contributed by atoms with E-state index in [1.807, 2.05) is 30.1 Å². The summed E-state index contributed by atoms with van der Waals surface area (Å²) >= 11 is 0. The quantitative estimate of drug-likeness (QED) is 0.906. The molecule has 2 atom stereocenters. The number of piperidine rings is 1. The first kappa shape index (κ1) is 17.0. The average molecular weight is 352 g/mol. The minimum atomic E-state index is -0.0784. The van der Waals surface area contributed by atoms with Crippen LogP contribution in [-0.4, -0.2) is 51.0 Å². The van der Waals surface area contributed by atoms with Crippen molar-refractivity contribution in [2.24, 2.45) is 7.05 Å². The van der Waals surface area contributed by atoms with Gasteiger partial charge in [-0.2, -0.15) is 10.4 Å². The summed E-state index contributed by atoms with van der Waals surface area (Å²) in [4.78, 5) is 6.78. The molecule has 4 rings (SSSR count). The standard InChI is InChI=1S/C19H24N6O/c1-24-11-15(10-21-24)12-25-7-3-6-19(14-25)8-17(13-26-19)23-18-5-2-4-16(9-20)22-18/h2,4-5,10-11,17H,3,6-8,12-14H2,1H3,(H,22,23)/t17-,19+/m1/s1. The molecule has 2 aliphatic rings. The number of aromatic nitrogens is 3. The van der Waals surface area contributed by atoms with Crippen molar-refractivity contribution in [2.75, 3.05) is 25.0 Å². The number of ether oxygens (including phenoxy) is 1. The van der Waals surface area contributed by atoms with Gasteiger partial charge in [-0.1, -0.05) is 6.07 Å². The van der Waals surface area contributed by atoms with Crippen LogP contribution in [0.2, 0.25) is 0 Å². The van der Waals surface area contributed by atoms with Crippen LogP contribution in [0.1, 0.15) is 30.5 Å². The fourth-order valence-corrected chi connectivity index (χ4v) is 4.15. The van der Waals surface area contributed by atoms with Gasteiger partial charge in [0.2, 0.25) is 0 Å². The number of rotatable bonds is 4. The zero-order valence-corrected chi connectivity index (χ0v) is 15.1. The zero-order valence-electron chi connectivity index (χ0n) is 15.1. The number of nitriles is 1. The van der Waals surface area contributed by atoms with Gasteiger partial charge in [0.25, 0.3) is 0 Å². The molecule has 0 amide bonds. The summed E-state index contributed by atoms with van der Waals surface area (Å²) in [7, 11) is 1.95. The van der Waals surface area contributed by atoms with Gasteiger partial charge >= 0.3 is 0 Å². The summed E-state index contributed by atoms with van der Waals surface area (Å²) in [6, 6.07) is 7.79. The van der Waals surface area contributed by atoms with Crippen molar-refractivity contribution in [3.05, 3.63) is 41.9 Å². The van der Waals surface area contributed by atoms with Crippen molar-refractivity contribution in [3.63, 3.8) is 0 Å². The number of hydrogen-bond acceptors (Lipinski definition) is 6. The summed E-state index contributed by atoms with van der Waals surface area (Å²) in [5, 5.41) is 16.7. The molecule has 2 aromatic rings. The number of nitrogens with one attached hydrogen (secondary N) is 1. The Kier molecular flexibility index (Phi) is 4.62. The lowest BCUT2D eigenvalue weighted by Gasteiger charge is -2.39. The van der Waals surface area contributed by atoms with Crippen molar-refractivity contribution >= 4 is 5.82 Å². The molecule has 0 bridgehead atoms. The Morgan fingerprint density at radius 1 is 1.46 bits per heavy atom. The van der Waals surface area contributed by atoms with Crippen LogP contribution in [0.25, 0.3) is 0 Å². The van der Waals surface area contributed by atoms with Crippen LogP contribution in [0.5, 0.6) is 0 Å². The Labute approximate surface area is 153 Å². The van der Waals surface area contributed by atoms with E-state index in [2.05, 4.69) is 32.6 Å². The van der Waals surface area contributed by atoms with E-state index < -0.39 is 0 Å². The average Bonchev–Trinajstić information content (AvgIpc) is 3.21. The van der Waals surface area contributed by atoms with Gasteiger partial charge in [0.05, 0.1) is 24.4 Å². The topological polar surface area (TPSA) is 79.0 Å². The van der Waals surface area contributed by atoms with E-state index in [4.69, 9.17) is 10.00 Å². The first-order valence-electron chi connectivity index (χ1n) is 9.12. The number of pyridine rings is 1. The molecule has 2 saturated heterocycles. The second kappa shape index (κ2) is 7.06. The normalized spacial score (nSPS) is 26.1. The number of hydrogen-bond donors (Lipinski definition) is 1. The van der Waals surface area contributed by atoms with Crippen molar-refractivity contribution in [3.8, 4) is 6.07 Å².